The number of sulfonamides is 1. The van der Waals surface area contributed by atoms with Crippen LogP contribution in [-0.2, 0) is 19.6 Å². The van der Waals surface area contributed by atoms with Gasteiger partial charge in [0.15, 0.2) is 0 Å². The number of benzene rings is 2. The monoisotopic (exact) mass is 477 g/mol. The fourth-order valence-corrected chi connectivity index (χ4v) is 5.08. The molecule has 0 radical (unpaired) electrons. The Kier molecular flexibility index (Phi) is 8.16. The van der Waals surface area contributed by atoms with Crippen molar-refractivity contribution in [2.45, 2.75) is 36.0 Å². The van der Waals surface area contributed by atoms with Gasteiger partial charge in [0, 0.05) is 38.2 Å². The molecule has 1 aliphatic heterocycles. The lowest BCUT2D eigenvalue weighted by Crippen LogP contribution is -2.41. The van der Waals surface area contributed by atoms with Gasteiger partial charge in [-0.3, -0.25) is 9.59 Å². The molecular formula is C22H27N3O5S2. The molecule has 0 unspecified atom stereocenters. The molecule has 0 bridgehead atoms. The number of thiol groups is 1. The van der Waals surface area contributed by atoms with E-state index >= 15 is 0 Å². The van der Waals surface area contributed by atoms with Crippen LogP contribution in [0.1, 0.15) is 19.8 Å². The molecule has 0 aromatic heterocycles. The Morgan fingerprint density at radius 3 is 2.38 bits per heavy atom. The van der Waals surface area contributed by atoms with Crippen molar-refractivity contribution < 1.29 is 22.7 Å². The standard InChI is InChI=1S/C22H27N3O5S2/c1-16(26)23-13-5-8-22(27)25-14-20(21(31)15-25)24-32(28,29)19-11-9-18(10-12-19)30-17-6-3-2-4-7-17/h2-4,6-7,9-12,20-21,24,31H,5,8,13-15H2,1H3,(H,23,26)/t20-,21-/m0/s1. The zero-order chi connectivity index (χ0) is 23.1. The molecule has 8 nitrogen and oxygen atoms in total. The number of hydrogen-bond acceptors (Lipinski definition) is 6. The Morgan fingerprint density at radius 1 is 1.06 bits per heavy atom. The van der Waals surface area contributed by atoms with E-state index in [0.717, 1.165) is 0 Å². The minimum atomic E-state index is -3.79. The molecule has 2 aromatic carbocycles. The Bertz CT molecular complexity index is 1030. The van der Waals surface area contributed by atoms with Crippen molar-refractivity contribution in [2.75, 3.05) is 19.6 Å². The molecule has 0 saturated carbocycles. The maximum absolute atomic E-state index is 12.8. The van der Waals surface area contributed by atoms with Gasteiger partial charge in [0.25, 0.3) is 0 Å². The molecule has 1 saturated heterocycles. The van der Waals surface area contributed by atoms with E-state index in [2.05, 4.69) is 22.7 Å². The molecule has 172 valence electrons. The summed E-state index contributed by atoms with van der Waals surface area (Å²) in [6.07, 6.45) is 0.809. The first-order chi connectivity index (χ1) is 15.2. The zero-order valence-electron chi connectivity index (χ0n) is 17.7. The summed E-state index contributed by atoms with van der Waals surface area (Å²) in [5.74, 6) is 0.966. The molecule has 2 aromatic rings. The minimum Gasteiger partial charge on any atom is -0.457 e. The molecule has 1 aliphatic rings. The number of nitrogens with zero attached hydrogens (tertiary/aromatic N) is 1. The number of hydrogen-bond donors (Lipinski definition) is 3. The van der Waals surface area contributed by atoms with Crippen molar-refractivity contribution in [3.8, 4) is 11.5 Å². The SMILES string of the molecule is CC(=O)NCCCC(=O)N1C[C@H](NS(=O)(=O)c2ccc(Oc3ccccc3)cc2)[C@@H](S)C1. The van der Waals surface area contributed by atoms with E-state index in [-0.39, 0.29) is 34.9 Å². The van der Waals surface area contributed by atoms with Gasteiger partial charge in [-0.1, -0.05) is 18.2 Å². The van der Waals surface area contributed by atoms with Gasteiger partial charge in [0.2, 0.25) is 21.8 Å². The highest BCUT2D eigenvalue weighted by atomic mass is 32.2. The van der Waals surface area contributed by atoms with Gasteiger partial charge >= 0.3 is 0 Å². The first kappa shape index (κ1) is 24.1. The van der Waals surface area contributed by atoms with Crippen LogP contribution in [0.3, 0.4) is 0 Å². The van der Waals surface area contributed by atoms with E-state index < -0.39 is 16.1 Å². The van der Waals surface area contributed by atoms with Crippen molar-refractivity contribution in [1.29, 1.82) is 0 Å². The quantitative estimate of drug-likeness (QED) is 0.379. The summed E-state index contributed by atoms with van der Waals surface area (Å²) < 4.78 is 34.0. The first-order valence-corrected chi connectivity index (χ1v) is 12.3. The fourth-order valence-electron chi connectivity index (χ4n) is 3.35. The van der Waals surface area contributed by atoms with E-state index in [1.54, 1.807) is 17.0 Å². The molecule has 2 atom stereocenters. The van der Waals surface area contributed by atoms with Crippen LogP contribution in [0, 0.1) is 0 Å². The van der Waals surface area contributed by atoms with Gasteiger partial charge in [-0.15, -0.1) is 0 Å². The van der Waals surface area contributed by atoms with Crippen LogP contribution >= 0.6 is 12.6 Å². The number of carbonyl (C=O) groups is 2. The van der Waals surface area contributed by atoms with E-state index in [1.165, 1.54) is 19.1 Å². The van der Waals surface area contributed by atoms with Crippen molar-refractivity contribution in [3.05, 3.63) is 54.6 Å². The normalized spacial score (nSPS) is 18.4. The van der Waals surface area contributed by atoms with Gasteiger partial charge in [-0.2, -0.15) is 12.6 Å². The van der Waals surface area contributed by atoms with Crippen LogP contribution in [-0.4, -0.2) is 56.1 Å². The summed E-state index contributed by atoms with van der Waals surface area (Å²) >= 11 is 4.48. The van der Waals surface area contributed by atoms with Gasteiger partial charge in [0.1, 0.15) is 11.5 Å². The lowest BCUT2D eigenvalue weighted by atomic mass is 10.2. The van der Waals surface area contributed by atoms with E-state index in [0.29, 0.717) is 31.0 Å². The van der Waals surface area contributed by atoms with Gasteiger partial charge in [-0.25, -0.2) is 13.1 Å². The number of carbonyl (C=O) groups excluding carboxylic acids is 2. The third kappa shape index (κ3) is 6.72. The summed E-state index contributed by atoms with van der Waals surface area (Å²) in [5.41, 5.74) is 0. The highest BCUT2D eigenvalue weighted by Gasteiger charge is 2.35. The molecule has 1 heterocycles. The second-order valence-corrected chi connectivity index (χ2v) is 9.94. The average molecular weight is 478 g/mol. The molecule has 2 N–H and O–H groups in total. The summed E-state index contributed by atoms with van der Waals surface area (Å²) in [7, 11) is -3.79. The fraction of sp³-hybridized carbons (Fsp3) is 0.364. The van der Waals surface area contributed by atoms with Crippen LogP contribution in [0.5, 0.6) is 11.5 Å². The Morgan fingerprint density at radius 2 is 1.72 bits per heavy atom. The van der Waals surface area contributed by atoms with Crippen LogP contribution in [0.4, 0.5) is 0 Å². The van der Waals surface area contributed by atoms with Crippen LogP contribution in [0.25, 0.3) is 0 Å². The Labute approximate surface area is 193 Å². The second-order valence-electron chi connectivity index (χ2n) is 7.57. The van der Waals surface area contributed by atoms with Crippen molar-refractivity contribution in [3.63, 3.8) is 0 Å². The Hall–Kier alpha value is -2.56. The first-order valence-electron chi connectivity index (χ1n) is 10.3. The number of nitrogens with one attached hydrogen (secondary N) is 2. The molecular weight excluding hydrogens is 450 g/mol. The summed E-state index contributed by atoms with van der Waals surface area (Å²) in [4.78, 5) is 25.0. The molecule has 32 heavy (non-hydrogen) atoms. The number of rotatable bonds is 9. The topological polar surface area (TPSA) is 105 Å². The van der Waals surface area contributed by atoms with Crippen molar-refractivity contribution >= 4 is 34.5 Å². The zero-order valence-corrected chi connectivity index (χ0v) is 19.4. The summed E-state index contributed by atoms with van der Waals surface area (Å²) in [6.45, 7) is 2.47. The maximum atomic E-state index is 12.8. The molecule has 0 aliphatic carbocycles. The van der Waals surface area contributed by atoms with Crippen LogP contribution in [0.15, 0.2) is 59.5 Å². The lowest BCUT2D eigenvalue weighted by Gasteiger charge is -2.17. The number of ether oxygens (including phenoxy) is 1. The van der Waals surface area contributed by atoms with Crippen LogP contribution in [0.2, 0.25) is 0 Å². The van der Waals surface area contributed by atoms with Crippen LogP contribution < -0.4 is 14.8 Å². The highest BCUT2D eigenvalue weighted by Crippen LogP contribution is 2.24. The summed E-state index contributed by atoms with van der Waals surface area (Å²) in [5, 5.41) is 2.34. The number of likely N-dealkylation sites (tertiary alicyclic amines) is 1. The number of para-hydroxylation sites is 1. The average Bonchev–Trinajstić information content (AvgIpc) is 3.12. The minimum absolute atomic E-state index is 0.0847. The Balaban J connectivity index is 1.55. The molecule has 3 rings (SSSR count). The second kappa shape index (κ2) is 10.8. The highest BCUT2D eigenvalue weighted by molar-refractivity contribution is 7.89. The molecule has 0 spiro atoms. The lowest BCUT2D eigenvalue weighted by molar-refractivity contribution is -0.130. The van der Waals surface area contributed by atoms with Gasteiger partial charge in [-0.05, 0) is 42.8 Å². The third-order valence-corrected chi connectivity index (χ3v) is 7.03. The third-order valence-electron chi connectivity index (χ3n) is 5.00. The smallest absolute Gasteiger partial charge is 0.240 e. The van der Waals surface area contributed by atoms with Gasteiger partial charge < -0.3 is 15.0 Å². The predicted molar refractivity (Wildman–Crippen MR) is 124 cm³/mol. The van der Waals surface area contributed by atoms with E-state index in [4.69, 9.17) is 4.74 Å². The number of amides is 2. The molecule has 1 fully saturated rings. The summed E-state index contributed by atoms with van der Waals surface area (Å²) in [6, 6.07) is 14.9. The maximum Gasteiger partial charge on any atom is 0.240 e. The van der Waals surface area contributed by atoms with Crippen molar-refractivity contribution in [1.82, 2.24) is 14.9 Å². The molecule has 10 heteroatoms. The van der Waals surface area contributed by atoms with E-state index in [9.17, 15) is 18.0 Å². The van der Waals surface area contributed by atoms with Gasteiger partial charge in [0.05, 0.1) is 10.9 Å². The van der Waals surface area contributed by atoms with E-state index in [1.807, 2.05) is 30.3 Å². The predicted octanol–water partition coefficient (Wildman–Crippen LogP) is 2.18. The van der Waals surface area contributed by atoms with Crippen molar-refractivity contribution in [2.24, 2.45) is 0 Å². The largest absolute Gasteiger partial charge is 0.457 e. The molecule has 2 amide bonds.